The highest BCUT2D eigenvalue weighted by Crippen LogP contribution is 2.51. The molecular formula is C26H30N10OS. The molecule has 4 aliphatic rings. The van der Waals surface area contributed by atoms with E-state index in [0.29, 0.717) is 30.0 Å². The first-order valence-corrected chi connectivity index (χ1v) is 14.5. The summed E-state index contributed by atoms with van der Waals surface area (Å²) in [5.41, 5.74) is 18.1. The maximum Gasteiger partial charge on any atom is 0.292 e. The average Bonchev–Trinajstić information content (AvgIpc) is 3.76. The highest BCUT2D eigenvalue weighted by Gasteiger charge is 2.46. The van der Waals surface area contributed by atoms with E-state index in [2.05, 4.69) is 15.2 Å². The largest absolute Gasteiger partial charge is 0.383 e. The number of rotatable bonds is 6. The van der Waals surface area contributed by atoms with Crippen LogP contribution in [0, 0.1) is 0 Å². The number of hydrogen-bond acceptors (Lipinski definition) is 9. The van der Waals surface area contributed by atoms with Crippen molar-refractivity contribution in [3.63, 3.8) is 0 Å². The molecule has 0 spiro atoms. The summed E-state index contributed by atoms with van der Waals surface area (Å²) in [6.07, 6.45) is 11.7. The first-order valence-electron chi connectivity index (χ1n) is 13.7. The van der Waals surface area contributed by atoms with Gasteiger partial charge in [0.05, 0.1) is 28.0 Å². The van der Waals surface area contributed by atoms with Gasteiger partial charge >= 0.3 is 0 Å². The normalized spacial score (nSPS) is 25.0. The number of anilines is 1. The Hall–Kier alpha value is -3.38. The van der Waals surface area contributed by atoms with E-state index in [-0.39, 0.29) is 23.9 Å². The van der Waals surface area contributed by atoms with Crippen LogP contribution in [0.1, 0.15) is 102 Å². The number of hydrogen-bond donors (Lipinski definition) is 3. The maximum absolute atomic E-state index is 13.2. The lowest BCUT2D eigenvalue weighted by molar-refractivity contribution is 0.0557. The quantitative estimate of drug-likeness (QED) is 0.343. The van der Waals surface area contributed by atoms with Crippen LogP contribution in [0.3, 0.4) is 0 Å². The number of thiazole rings is 1. The fourth-order valence-electron chi connectivity index (χ4n) is 6.76. The Morgan fingerprint density at radius 2 is 1.79 bits per heavy atom. The number of carbonyl (C=O) groups is 1. The molecule has 8 rings (SSSR count). The van der Waals surface area contributed by atoms with E-state index in [1.165, 1.54) is 24.7 Å². The lowest BCUT2D eigenvalue weighted by atomic mass is 9.85. The topological polar surface area (TPSA) is 157 Å². The second-order valence-corrected chi connectivity index (χ2v) is 12.4. The monoisotopic (exact) mass is 530 g/mol. The van der Waals surface area contributed by atoms with E-state index in [1.54, 1.807) is 11.3 Å². The molecule has 2 saturated heterocycles. The number of carbonyl (C=O) groups excluding carboxylic acids is 1. The van der Waals surface area contributed by atoms with Crippen molar-refractivity contribution in [2.24, 2.45) is 5.73 Å². The number of H-pyrrole nitrogens is 1. The summed E-state index contributed by atoms with van der Waals surface area (Å²) in [7, 11) is 0. The van der Waals surface area contributed by atoms with Crippen LogP contribution in [0.4, 0.5) is 5.82 Å². The van der Waals surface area contributed by atoms with Crippen LogP contribution in [0.5, 0.6) is 0 Å². The predicted molar refractivity (Wildman–Crippen MR) is 142 cm³/mol. The summed E-state index contributed by atoms with van der Waals surface area (Å²) in [5, 5.41) is 13.5. The van der Waals surface area contributed by atoms with Gasteiger partial charge in [-0.2, -0.15) is 9.61 Å². The van der Waals surface area contributed by atoms with Crippen molar-refractivity contribution in [2.75, 3.05) is 5.73 Å². The van der Waals surface area contributed by atoms with Gasteiger partial charge in [0.1, 0.15) is 17.2 Å². The van der Waals surface area contributed by atoms with Gasteiger partial charge < -0.3 is 21.4 Å². The number of nitrogens with two attached hydrogens (primary N) is 2. The Bertz CT molecular complexity index is 1540. The van der Waals surface area contributed by atoms with Crippen LogP contribution in [-0.4, -0.2) is 57.7 Å². The third-order valence-corrected chi connectivity index (χ3v) is 9.92. The van der Waals surface area contributed by atoms with Gasteiger partial charge in [-0.15, -0.1) is 21.5 Å². The Kier molecular flexibility index (Phi) is 4.94. The van der Waals surface area contributed by atoms with Gasteiger partial charge in [0, 0.05) is 36.0 Å². The summed E-state index contributed by atoms with van der Waals surface area (Å²) < 4.78 is 1.84. The summed E-state index contributed by atoms with van der Waals surface area (Å²) in [6, 6.07) is 0.337. The molecule has 12 heteroatoms. The molecule has 4 aromatic rings. The zero-order valence-corrected chi connectivity index (χ0v) is 21.8. The van der Waals surface area contributed by atoms with Crippen LogP contribution in [0.25, 0.3) is 16.1 Å². The molecule has 2 bridgehead atoms. The highest BCUT2D eigenvalue weighted by molar-refractivity contribution is 7.15. The minimum Gasteiger partial charge on any atom is -0.383 e. The summed E-state index contributed by atoms with van der Waals surface area (Å²) in [5.74, 6) is 2.17. The molecule has 11 nitrogen and oxygen atoms in total. The van der Waals surface area contributed by atoms with Gasteiger partial charge in [0.15, 0.2) is 5.65 Å². The smallest absolute Gasteiger partial charge is 0.292 e. The third-order valence-electron chi connectivity index (χ3n) is 8.79. The van der Waals surface area contributed by atoms with Crippen LogP contribution in [0.15, 0.2) is 12.5 Å². The van der Waals surface area contributed by atoms with E-state index in [0.717, 1.165) is 71.0 Å². The summed E-state index contributed by atoms with van der Waals surface area (Å²) in [6.45, 7) is 0.435. The Morgan fingerprint density at radius 1 is 1.03 bits per heavy atom. The number of nitrogens with zero attached hydrogens (tertiary/aromatic N) is 7. The van der Waals surface area contributed by atoms with Crippen molar-refractivity contribution in [2.45, 2.75) is 87.7 Å². The zero-order chi connectivity index (χ0) is 25.5. The van der Waals surface area contributed by atoms with Crippen LogP contribution in [-0.2, 0) is 6.54 Å². The second kappa shape index (κ2) is 8.31. The maximum atomic E-state index is 13.2. The number of aromatic amines is 1. The summed E-state index contributed by atoms with van der Waals surface area (Å²) in [4.78, 5) is 29.5. The predicted octanol–water partition coefficient (Wildman–Crippen LogP) is 3.32. The third kappa shape index (κ3) is 3.42. The fourth-order valence-corrected chi connectivity index (χ4v) is 7.80. The van der Waals surface area contributed by atoms with Crippen molar-refractivity contribution in [3.8, 4) is 10.4 Å². The molecule has 6 heterocycles. The van der Waals surface area contributed by atoms with Crippen molar-refractivity contribution >= 4 is 28.7 Å². The molecule has 0 aromatic carbocycles. The van der Waals surface area contributed by atoms with Gasteiger partial charge in [-0.1, -0.05) is 0 Å². The van der Waals surface area contributed by atoms with Crippen molar-refractivity contribution in [1.82, 2.24) is 39.7 Å². The fraction of sp³-hybridized carbons (Fsp3) is 0.538. The van der Waals surface area contributed by atoms with E-state index in [4.69, 9.17) is 26.5 Å². The van der Waals surface area contributed by atoms with Gasteiger partial charge in [-0.25, -0.2) is 9.97 Å². The molecule has 4 fully saturated rings. The number of fused-ring (bicyclic) bond motifs is 3. The van der Waals surface area contributed by atoms with E-state index in [9.17, 15) is 4.79 Å². The first kappa shape index (κ1) is 22.6. The van der Waals surface area contributed by atoms with E-state index in [1.807, 2.05) is 15.6 Å². The van der Waals surface area contributed by atoms with Crippen molar-refractivity contribution in [3.05, 3.63) is 40.3 Å². The van der Waals surface area contributed by atoms with Crippen LogP contribution >= 0.6 is 11.3 Å². The number of amides is 1. The Morgan fingerprint density at radius 3 is 2.45 bits per heavy atom. The molecule has 196 valence electrons. The molecular weight excluding hydrogens is 500 g/mol. The summed E-state index contributed by atoms with van der Waals surface area (Å²) >= 11 is 1.66. The SMILES string of the molecule is NCc1nc(C2CC2)c(-c2cnn3c(N)c(C4CC4)c([C@@H]4C[C@H]5CC[C@@H](C4)N5C(=O)c4nnc[nH]4)nc23)s1. The first-order chi connectivity index (χ1) is 18.6. The van der Waals surface area contributed by atoms with Gasteiger partial charge in [0.2, 0.25) is 5.82 Å². The zero-order valence-electron chi connectivity index (χ0n) is 21.0. The molecule has 2 aliphatic carbocycles. The van der Waals surface area contributed by atoms with Gasteiger partial charge in [-0.3, -0.25) is 4.79 Å². The molecule has 4 aromatic heterocycles. The van der Waals surface area contributed by atoms with Crippen LogP contribution < -0.4 is 11.5 Å². The number of piperidine rings is 1. The Balaban J connectivity index is 1.21. The molecule has 0 radical (unpaired) electrons. The molecule has 0 unspecified atom stereocenters. The van der Waals surface area contributed by atoms with E-state index < -0.39 is 0 Å². The molecule has 1 amide bonds. The molecule has 38 heavy (non-hydrogen) atoms. The highest BCUT2D eigenvalue weighted by atomic mass is 32.1. The standard InChI is InChI=1S/C26H30N10OS/c27-9-18-32-21(13-3-4-13)22(38-18)17-10-31-36-23(28)19(12-1-2-12)20(33-25(17)36)14-7-15-5-6-16(8-14)35(15)26(37)24-29-11-30-34-24/h10-16H,1-9,27-28H2,(H,29,30,34)/t14-,15-,16+. The number of nitrogen functional groups attached to an aromatic ring is 1. The van der Waals surface area contributed by atoms with Crippen LogP contribution in [0.2, 0.25) is 0 Å². The molecule has 2 aliphatic heterocycles. The molecule has 5 N–H and O–H groups in total. The van der Waals surface area contributed by atoms with Gasteiger partial charge in [0.25, 0.3) is 5.91 Å². The lowest BCUT2D eigenvalue weighted by Crippen LogP contribution is -2.46. The van der Waals surface area contributed by atoms with Crippen molar-refractivity contribution in [1.29, 1.82) is 0 Å². The molecule has 2 saturated carbocycles. The second-order valence-electron chi connectivity index (χ2n) is 11.3. The lowest BCUT2D eigenvalue weighted by Gasteiger charge is -2.39. The van der Waals surface area contributed by atoms with Crippen molar-refractivity contribution < 1.29 is 4.79 Å². The number of aromatic nitrogens is 7. The van der Waals surface area contributed by atoms with Gasteiger partial charge in [-0.05, 0) is 57.3 Å². The minimum atomic E-state index is -0.0506. The average molecular weight is 531 g/mol. The Labute approximate surface area is 223 Å². The minimum absolute atomic E-state index is 0.0506. The molecule has 3 atom stereocenters. The van der Waals surface area contributed by atoms with E-state index >= 15 is 0 Å². The number of nitrogens with one attached hydrogen (secondary N) is 1.